The Morgan fingerprint density at radius 2 is 1.11 bits per heavy atom. The smallest absolute Gasteiger partial charge is 0.00201 e. The van der Waals surface area contributed by atoms with Crippen LogP contribution in [0, 0.1) is 5.92 Å². The van der Waals surface area contributed by atoms with Gasteiger partial charge in [0.1, 0.15) is 0 Å². The lowest BCUT2D eigenvalue weighted by atomic mass is 9.78. The molecule has 0 radical (unpaired) electrons. The van der Waals surface area contributed by atoms with E-state index >= 15 is 0 Å². The number of hydrogen-bond donors (Lipinski definition) is 0. The lowest BCUT2D eigenvalue weighted by Gasteiger charge is -2.26. The van der Waals surface area contributed by atoms with E-state index in [9.17, 15) is 0 Å². The van der Waals surface area contributed by atoms with Gasteiger partial charge >= 0.3 is 0 Å². The molecule has 1 unspecified atom stereocenters. The van der Waals surface area contributed by atoms with Crippen molar-refractivity contribution in [1.29, 1.82) is 0 Å². The molecule has 2 aliphatic carbocycles. The monoisotopic (exact) mass is 694 g/mol. The fraction of sp³-hybridized carbons (Fsp3) is 0.185. The van der Waals surface area contributed by atoms with Crippen LogP contribution < -0.4 is 0 Å². The maximum Gasteiger partial charge on any atom is -0.00201 e. The van der Waals surface area contributed by atoms with Crippen LogP contribution >= 0.6 is 0 Å². The first kappa shape index (κ1) is 32.9. The van der Waals surface area contributed by atoms with E-state index in [2.05, 4.69) is 171 Å². The number of rotatable bonds is 6. The molecule has 10 rings (SSSR count). The van der Waals surface area contributed by atoms with E-state index in [1.165, 1.54) is 125 Å². The van der Waals surface area contributed by atoms with Gasteiger partial charge in [-0.25, -0.2) is 0 Å². The molecule has 1 fully saturated rings. The Morgan fingerprint density at radius 1 is 0.481 bits per heavy atom. The van der Waals surface area contributed by atoms with Gasteiger partial charge in [-0.3, -0.25) is 0 Å². The van der Waals surface area contributed by atoms with Gasteiger partial charge in [-0.05, 0) is 143 Å². The van der Waals surface area contributed by atoms with Gasteiger partial charge in [0.05, 0.1) is 0 Å². The molecule has 2 aliphatic rings. The van der Waals surface area contributed by atoms with Crippen molar-refractivity contribution in [3.63, 3.8) is 0 Å². The van der Waals surface area contributed by atoms with Crippen LogP contribution in [0.1, 0.15) is 74.5 Å². The lowest BCUT2D eigenvalue weighted by molar-refractivity contribution is 0.445. The summed E-state index contributed by atoms with van der Waals surface area (Å²) in [6.07, 6.45) is 13.6. The Hall–Kier alpha value is -5.72. The normalized spacial score (nSPS) is 16.6. The predicted octanol–water partition coefficient (Wildman–Crippen LogP) is 15.6. The first-order valence-corrected chi connectivity index (χ1v) is 20.2. The Bertz CT molecular complexity index is 2710. The number of benzene rings is 8. The summed E-state index contributed by atoms with van der Waals surface area (Å²) in [4.78, 5) is 0. The van der Waals surface area contributed by atoms with Gasteiger partial charge in [0, 0.05) is 0 Å². The number of allylic oxidation sites excluding steroid dienone is 4. The minimum absolute atomic E-state index is 0.482. The van der Waals surface area contributed by atoms with Crippen molar-refractivity contribution < 1.29 is 0 Å². The third-order valence-corrected chi connectivity index (χ3v) is 12.6. The molecule has 0 spiro atoms. The van der Waals surface area contributed by atoms with Crippen LogP contribution in [0.2, 0.25) is 0 Å². The molecule has 0 nitrogen and oxygen atoms in total. The fourth-order valence-corrected chi connectivity index (χ4v) is 10.0. The zero-order chi connectivity index (χ0) is 36.0. The van der Waals surface area contributed by atoms with Crippen molar-refractivity contribution >= 4 is 54.2 Å². The Balaban J connectivity index is 1.18. The molecule has 0 heteroatoms. The third kappa shape index (κ3) is 5.59. The zero-order valence-corrected chi connectivity index (χ0v) is 31.2. The standard InChI is InChI=1S/C54H46/c1-2-36-20-15-29-44(52(36)42-31-30-37-16-6-7-19-39(37)34-42)40-21-14-22-41(35-40)53-47-25-10-12-27-49(47)54(50-28-13-11-26-48(50)53)51-33-32-43(38-17-4-3-5-18-38)45-23-8-9-24-46(45)51/h6-16,19,21-36,38H,2-5,17-18,20H2,1H3. The highest BCUT2D eigenvalue weighted by Gasteiger charge is 2.24. The van der Waals surface area contributed by atoms with Gasteiger partial charge in [-0.1, -0.05) is 178 Å². The SMILES string of the molecule is CCC1CC=CC(c2cccc(-c3c4ccccc4c(-c4ccc(C5CCCCC5)c5ccccc45)c4ccccc34)c2)=C1c1ccc2ccccc2c1. The van der Waals surface area contributed by atoms with Gasteiger partial charge in [-0.2, -0.15) is 0 Å². The molecule has 0 bridgehead atoms. The summed E-state index contributed by atoms with van der Waals surface area (Å²) in [7, 11) is 0. The van der Waals surface area contributed by atoms with Gasteiger partial charge in [0.15, 0.2) is 0 Å². The van der Waals surface area contributed by atoms with Gasteiger partial charge in [0.25, 0.3) is 0 Å². The van der Waals surface area contributed by atoms with E-state index in [-0.39, 0.29) is 0 Å². The van der Waals surface area contributed by atoms with Crippen LogP contribution in [-0.2, 0) is 0 Å². The van der Waals surface area contributed by atoms with Crippen molar-refractivity contribution in [2.45, 2.75) is 57.8 Å². The van der Waals surface area contributed by atoms with Crippen LogP contribution in [0.25, 0.3) is 76.5 Å². The Morgan fingerprint density at radius 3 is 1.83 bits per heavy atom. The molecule has 54 heavy (non-hydrogen) atoms. The summed E-state index contributed by atoms with van der Waals surface area (Å²) in [5, 5.41) is 10.6. The quantitative estimate of drug-likeness (QED) is 0.152. The number of hydrogen-bond acceptors (Lipinski definition) is 0. The first-order valence-electron chi connectivity index (χ1n) is 20.2. The van der Waals surface area contributed by atoms with E-state index in [0.717, 1.165) is 12.8 Å². The van der Waals surface area contributed by atoms with E-state index < -0.39 is 0 Å². The van der Waals surface area contributed by atoms with Crippen LogP contribution in [-0.4, -0.2) is 0 Å². The second kappa shape index (κ2) is 13.9. The molecule has 262 valence electrons. The topological polar surface area (TPSA) is 0 Å². The maximum absolute atomic E-state index is 2.47. The summed E-state index contributed by atoms with van der Waals surface area (Å²) in [5.74, 6) is 1.14. The minimum Gasteiger partial charge on any atom is -0.0833 e. The molecule has 8 aromatic rings. The van der Waals surface area contributed by atoms with Gasteiger partial charge in [-0.15, -0.1) is 0 Å². The molecular formula is C54H46. The highest BCUT2D eigenvalue weighted by molar-refractivity contribution is 6.23. The van der Waals surface area contributed by atoms with E-state index in [1.807, 2.05) is 0 Å². The molecule has 0 amide bonds. The molecule has 1 saturated carbocycles. The second-order valence-electron chi connectivity index (χ2n) is 15.6. The zero-order valence-electron chi connectivity index (χ0n) is 31.2. The summed E-state index contributed by atoms with van der Waals surface area (Å²) >= 11 is 0. The van der Waals surface area contributed by atoms with Crippen molar-refractivity contribution in [2.75, 3.05) is 0 Å². The van der Waals surface area contributed by atoms with E-state index in [0.29, 0.717) is 11.8 Å². The van der Waals surface area contributed by atoms with Crippen molar-refractivity contribution in [3.8, 4) is 22.3 Å². The molecule has 0 aromatic heterocycles. The van der Waals surface area contributed by atoms with E-state index in [4.69, 9.17) is 0 Å². The maximum atomic E-state index is 2.47. The predicted molar refractivity (Wildman–Crippen MR) is 234 cm³/mol. The second-order valence-corrected chi connectivity index (χ2v) is 15.6. The highest BCUT2D eigenvalue weighted by Crippen LogP contribution is 2.48. The summed E-state index contributed by atoms with van der Waals surface area (Å²) in [5.41, 5.74) is 12.2. The van der Waals surface area contributed by atoms with Crippen LogP contribution in [0.5, 0.6) is 0 Å². The van der Waals surface area contributed by atoms with E-state index in [1.54, 1.807) is 0 Å². The molecule has 1 atom stereocenters. The molecule has 0 heterocycles. The minimum atomic E-state index is 0.482. The van der Waals surface area contributed by atoms with Crippen LogP contribution in [0.4, 0.5) is 0 Å². The van der Waals surface area contributed by atoms with Gasteiger partial charge < -0.3 is 0 Å². The van der Waals surface area contributed by atoms with Crippen molar-refractivity contribution in [2.24, 2.45) is 5.92 Å². The molecule has 8 aromatic carbocycles. The summed E-state index contributed by atoms with van der Waals surface area (Å²) in [6.45, 7) is 2.34. The van der Waals surface area contributed by atoms with Gasteiger partial charge in [0.2, 0.25) is 0 Å². The van der Waals surface area contributed by atoms with Crippen molar-refractivity contribution in [3.05, 3.63) is 181 Å². The molecule has 0 aliphatic heterocycles. The average Bonchev–Trinajstić information content (AvgIpc) is 3.25. The number of fused-ring (bicyclic) bond motifs is 4. The lowest BCUT2D eigenvalue weighted by Crippen LogP contribution is -2.07. The average molecular weight is 695 g/mol. The fourth-order valence-electron chi connectivity index (χ4n) is 10.0. The Labute approximate surface area is 319 Å². The van der Waals surface area contributed by atoms with Crippen molar-refractivity contribution in [1.82, 2.24) is 0 Å². The summed E-state index contributed by atoms with van der Waals surface area (Å²) < 4.78 is 0. The largest absolute Gasteiger partial charge is 0.0833 e. The molecule has 0 N–H and O–H groups in total. The third-order valence-electron chi connectivity index (χ3n) is 12.6. The first-order chi connectivity index (χ1) is 26.8. The molecule has 0 saturated heterocycles. The van der Waals surface area contributed by atoms with Crippen LogP contribution in [0.15, 0.2) is 164 Å². The Kier molecular flexibility index (Phi) is 8.48. The summed E-state index contributed by atoms with van der Waals surface area (Å²) in [6, 6.07) is 57.5. The highest BCUT2D eigenvalue weighted by atomic mass is 14.3. The van der Waals surface area contributed by atoms with Crippen LogP contribution in [0.3, 0.4) is 0 Å². The molecular weight excluding hydrogens is 649 g/mol.